The van der Waals surface area contributed by atoms with Crippen molar-refractivity contribution in [3.63, 3.8) is 0 Å². The quantitative estimate of drug-likeness (QED) is 0.805. The second-order valence-electron chi connectivity index (χ2n) is 5.21. The van der Waals surface area contributed by atoms with Crippen molar-refractivity contribution in [3.8, 4) is 0 Å². The summed E-state index contributed by atoms with van der Waals surface area (Å²) in [6, 6.07) is 7.08. The molecule has 1 aromatic rings. The summed E-state index contributed by atoms with van der Waals surface area (Å²) in [7, 11) is -1.63. The van der Waals surface area contributed by atoms with E-state index in [1.165, 1.54) is 0 Å². The van der Waals surface area contributed by atoms with Gasteiger partial charge in [0.25, 0.3) is 0 Å². The van der Waals surface area contributed by atoms with E-state index >= 15 is 0 Å². The van der Waals surface area contributed by atoms with Crippen molar-refractivity contribution in [2.45, 2.75) is 32.2 Å². The van der Waals surface area contributed by atoms with Crippen LogP contribution in [0.4, 0.5) is 0 Å². The van der Waals surface area contributed by atoms with Gasteiger partial charge in [0.15, 0.2) is 0 Å². The van der Waals surface area contributed by atoms with E-state index in [-0.39, 0.29) is 0 Å². The molecular formula is C14H24N2O2S. The molecule has 108 valence electrons. The number of hydrogen-bond acceptors (Lipinski definition) is 3. The number of hydrogen-bond donors (Lipinski definition) is 2. The Balaban J connectivity index is 2.88. The highest BCUT2D eigenvalue weighted by atomic mass is 32.2. The normalized spacial score (nSPS) is 13.7. The Kier molecular flexibility index (Phi) is 5.97. The smallest absolute Gasteiger partial charge is 0.240 e. The third kappa shape index (κ3) is 4.60. The molecule has 0 amide bonds. The lowest BCUT2D eigenvalue weighted by Crippen LogP contribution is -2.31. The van der Waals surface area contributed by atoms with Crippen LogP contribution in [0.5, 0.6) is 0 Å². The largest absolute Gasteiger partial charge is 0.316 e. The first-order valence-corrected chi connectivity index (χ1v) is 8.09. The summed E-state index contributed by atoms with van der Waals surface area (Å²) in [5.41, 5.74) is 0.787. The Hall–Kier alpha value is -0.910. The van der Waals surface area contributed by atoms with E-state index in [4.69, 9.17) is 0 Å². The molecule has 0 fully saturated rings. The van der Waals surface area contributed by atoms with Crippen LogP contribution in [0.2, 0.25) is 0 Å². The maximum atomic E-state index is 12.3. The molecule has 0 aliphatic rings. The van der Waals surface area contributed by atoms with Gasteiger partial charge in [-0.1, -0.05) is 39.0 Å². The van der Waals surface area contributed by atoms with Crippen molar-refractivity contribution in [2.24, 2.45) is 11.8 Å². The van der Waals surface area contributed by atoms with E-state index in [0.29, 0.717) is 29.8 Å². The zero-order chi connectivity index (χ0) is 14.5. The van der Waals surface area contributed by atoms with Crippen molar-refractivity contribution in [3.05, 3.63) is 29.8 Å². The molecule has 5 heteroatoms. The molecule has 4 nitrogen and oxygen atoms in total. The van der Waals surface area contributed by atoms with Gasteiger partial charge in [0.05, 0.1) is 4.90 Å². The van der Waals surface area contributed by atoms with Gasteiger partial charge in [-0.2, -0.15) is 0 Å². The van der Waals surface area contributed by atoms with Crippen LogP contribution in [-0.2, 0) is 16.6 Å². The number of rotatable bonds is 7. The highest BCUT2D eigenvalue weighted by molar-refractivity contribution is 7.89. The number of benzene rings is 1. The summed E-state index contributed by atoms with van der Waals surface area (Å²) in [5, 5.41) is 2.99. The maximum Gasteiger partial charge on any atom is 0.240 e. The van der Waals surface area contributed by atoms with E-state index < -0.39 is 10.0 Å². The minimum Gasteiger partial charge on any atom is -0.316 e. The van der Waals surface area contributed by atoms with Crippen molar-refractivity contribution >= 4 is 10.0 Å². The Morgan fingerprint density at radius 1 is 1.16 bits per heavy atom. The van der Waals surface area contributed by atoms with Crippen LogP contribution in [0, 0.1) is 11.8 Å². The summed E-state index contributed by atoms with van der Waals surface area (Å²) in [6.07, 6.45) is 0. The minimum absolute atomic E-state index is 0.311. The second-order valence-corrected chi connectivity index (χ2v) is 6.95. The molecule has 0 saturated carbocycles. The fraction of sp³-hybridized carbons (Fsp3) is 0.571. The molecule has 0 spiro atoms. The van der Waals surface area contributed by atoms with Crippen LogP contribution in [0.25, 0.3) is 0 Å². The fourth-order valence-electron chi connectivity index (χ4n) is 1.66. The Morgan fingerprint density at radius 2 is 1.79 bits per heavy atom. The molecule has 1 aromatic carbocycles. The Morgan fingerprint density at radius 3 is 2.37 bits per heavy atom. The van der Waals surface area contributed by atoms with Crippen LogP contribution in [0.1, 0.15) is 26.3 Å². The Bertz CT molecular complexity index is 498. The SMILES string of the molecule is CNCc1ccccc1S(=O)(=O)NCC(C)C(C)C. The van der Waals surface area contributed by atoms with Crippen LogP contribution in [-0.4, -0.2) is 22.0 Å². The van der Waals surface area contributed by atoms with E-state index in [2.05, 4.69) is 23.9 Å². The molecule has 1 rings (SSSR count). The maximum absolute atomic E-state index is 12.3. The monoisotopic (exact) mass is 284 g/mol. The lowest BCUT2D eigenvalue weighted by molar-refractivity contribution is 0.414. The molecule has 0 bridgehead atoms. The van der Waals surface area contributed by atoms with Gasteiger partial charge in [0.1, 0.15) is 0 Å². The van der Waals surface area contributed by atoms with Gasteiger partial charge < -0.3 is 5.32 Å². The van der Waals surface area contributed by atoms with Gasteiger partial charge in [-0.15, -0.1) is 0 Å². The minimum atomic E-state index is -3.43. The third-order valence-electron chi connectivity index (χ3n) is 3.36. The molecule has 0 aromatic heterocycles. The lowest BCUT2D eigenvalue weighted by atomic mass is 9.99. The number of sulfonamides is 1. The molecule has 0 radical (unpaired) electrons. The Labute approximate surface area is 116 Å². The van der Waals surface area contributed by atoms with E-state index in [9.17, 15) is 8.42 Å². The first-order chi connectivity index (χ1) is 8.88. The molecule has 0 saturated heterocycles. The van der Waals surface area contributed by atoms with Crippen molar-refractivity contribution in [1.82, 2.24) is 10.0 Å². The summed E-state index contributed by atoms with van der Waals surface area (Å²) in [5.74, 6) is 0.765. The van der Waals surface area contributed by atoms with E-state index in [1.807, 2.05) is 19.1 Å². The predicted molar refractivity (Wildman–Crippen MR) is 78.4 cm³/mol. The highest BCUT2D eigenvalue weighted by Gasteiger charge is 2.19. The summed E-state index contributed by atoms with van der Waals surface area (Å²) in [6.45, 7) is 7.24. The zero-order valence-corrected chi connectivity index (χ0v) is 12.9. The standard InChI is InChI=1S/C14H24N2O2S/c1-11(2)12(3)9-16-19(17,18)14-8-6-5-7-13(14)10-15-4/h5-8,11-12,15-16H,9-10H2,1-4H3. The molecular weight excluding hydrogens is 260 g/mol. The van der Waals surface area contributed by atoms with Gasteiger partial charge in [0, 0.05) is 13.1 Å². The van der Waals surface area contributed by atoms with E-state index in [0.717, 1.165) is 5.56 Å². The van der Waals surface area contributed by atoms with Crippen LogP contribution >= 0.6 is 0 Å². The number of nitrogens with one attached hydrogen (secondary N) is 2. The molecule has 19 heavy (non-hydrogen) atoms. The molecule has 0 heterocycles. The van der Waals surface area contributed by atoms with Gasteiger partial charge in [0.2, 0.25) is 10.0 Å². The van der Waals surface area contributed by atoms with Crippen molar-refractivity contribution in [2.75, 3.05) is 13.6 Å². The van der Waals surface area contributed by atoms with Crippen LogP contribution in [0.15, 0.2) is 29.2 Å². The van der Waals surface area contributed by atoms with Crippen LogP contribution < -0.4 is 10.0 Å². The van der Waals surface area contributed by atoms with Crippen LogP contribution in [0.3, 0.4) is 0 Å². The van der Waals surface area contributed by atoms with Gasteiger partial charge in [-0.25, -0.2) is 13.1 Å². The molecule has 1 unspecified atom stereocenters. The average Bonchev–Trinajstić information content (AvgIpc) is 2.37. The molecule has 0 aliphatic heterocycles. The summed E-state index contributed by atoms with van der Waals surface area (Å²) < 4.78 is 27.3. The lowest BCUT2D eigenvalue weighted by Gasteiger charge is -2.17. The first-order valence-electron chi connectivity index (χ1n) is 6.60. The van der Waals surface area contributed by atoms with Crippen molar-refractivity contribution < 1.29 is 8.42 Å². The van der Waals surface area contributed by atoms with Gasteiger partial charge in [-0.3, -0.25) is 0 Å². The fourth-order valence-corrected chi connectivity index (χ4v) is 3.04. The van der Waals surface area contributed by atoms with Crippen molar-refractivity contribution in [1.29, 1.82) is 0 Å². The first kappa shape index (κ1) is 16.1. The summed E-state index contributed by atoms with van der Waals surface area (Å²) in [4.78, 5) is 0.361. The molecule has 1 atom stereocenters. The predicted octanol–water partition coefficient (Wildman–Crippen LogP) is 1.98. The zero-order valence-electron chi connectivity index (χ0n) is 12.1. The average molecular weight is 284 g/mol. The molecule has 2 N–H and O–H groups in total. The van der Waals surface area contributed by atoms with Gasteiger partial charge >= 0.3 is 0 Å². The highest BCUT2D eigenvalue weighted by Crippen LogP contribution is 2.16. The summed E-state index contributed by atoms with van der Waals surface area (Å²) >= 11 is 0. The van der Waals surface area contributed by atoms with E-state index in [1.54, 1.807) is 19.2 Å². The second kappa shape index (κ2) is 7.03. The molecule has 0 aliphatic carbocycles. The third-order valence-corrected chi connectivity index (χ3v) is 4.89. The topological polar surface area (TPSA) is 58.2 Å². The van der Waals surface area contributed by atoms with Gasteiger partial charge in [-0.05, 0) is 30.5 Å².